The first kappa shape index (κ1) is 13.2. The highest BCUT2D eigenvalue weighted by Gasteiger charge is 2.13. The number of nitrogens with zero attached hydrogens (tertiary/aromatic N) is 2. The van der Waals surface area contributed by atoms with Crippen LogP contribution in [0.4, 0.5) is 0 Å². The van der Waals surface area contributed by atoms with E-state index in [9.17, 15) is 4.79 Å². The second-order valence-electron chi connectivity index (χ2n) is 4.14. The van der Waals surface area contributed by atoms with E-state index in [2.05, 4.69) is 9.97 Å². The second kappa shape index (κ2) is 5.62. The van der Waals surface area contributed by atoms with E-state index < -0.39 is 0 Å². The van der Waals surface area contributed by atoms with E-state index in [0.29, 0.717) is 17.7 Å². The highest BCUT2D eigenvalue weighted by atomic mass is 32.1. The fourth-order valence-electron chi connectivity index (χ4n) is 1.71. The van der Waals surface area contributed by atoms with Crippen molar-refractivity contribution in [3.05, 3.63) is 53.6 Å². The number of nitrogens with two attached hydrogens (primary N) is 1. The van der Waals surface area contributed by atoms with Gasteiger partial charge in [-0.15, -0.1) is 0 Å². The summed E-state index contributed by atoms with van der Waals surface area (Å²) < 4.78 is 0. The van der Waals surface area contributed by atoms with Gasteiger partial charge in [-0.1, -0.05) is 24.4 Å². The molecule has 2 aromatic rings. The molecule has 1 aromatic heterocycles. The van der Waals surface area contributed by atoms with Gasteiger partial charge in [0, 0.05) is 30.6 Å². The third-order valence-electron chi connectivity index (χ3n) is 2.68. The molecular formula is C13H14N4OS. The van der Waals surface area contributed by atoms with Crippen LogP contribution in [0.15, 0.2) is 36.7 Å². The molecule has 1 amide bonds. The van der Waals surface area contributed by atoms with Crippen molar-refractivity contribution in [1.82, 2.24) is 14.9 Å². The number of carbonyl (C=O) groups excluding carboxylic acids is 1. The summed E-state index contributed by atoms with van der Waals surface area (Å²) >= 11 is 4.91. The SMILES string of the molecule is CN(Cc1ncc[nH]1)C(=O)c1cccc(C(N)=S)c1. The number of aromatic nitrogens is 2. The lowest BCUT2D eigenvalue weighted by Crippen LogP contribution is -2.27. The zero-order valence-electron chi connectivity index (χ0n) is 10.5. The van der Waals surface area contributed by atoms with Gasteiger partial charge in [-0.25, -0.2) is 4.98 Å². The Morgan fingerprint density at radius 2 is 2.21 bits per heavy atom. The summed E-state index contributed by atoms with van der Waals surface area (Å²) in [7, 11) is 1.72. The number of rotatable bonds is 4. The summed E-state index contributed by atoms with van der Waals surface area (Å²) in [5.41, 5.74) is 6.80. The number of aromatic amines is 1. The zero-order chi connectivity index (χ0) is 13.8. The summed E-state index contributed by atoms with van der Waals surface area (Å²) in [4.78, 5) is 21.2. The summed E-state index contributed by atoms with van der Waals surface area (Å²) in [5.74, 6) is 0.635. The van der Waals surface area contributed by atoms with Gasteiger partial charge in [-0.3, -0.25) is 4.79 Å². The molecule has 19 heavy (non-hydrogen) atoms. The van der Waals surface area contributed by atoms with Gasteiger partial charge < -0.3 is 15.6 Å². The Labute approximate surface area is 116 Å². The maximum atomic E-state index is 12.2. The normalized spacial score (nSPS) is 10.2. The Morgan fingerprint density at radius 1 is 1.47 bits per heavy atom. The van der Waals surface area contributed by atoms with Gasteiger partial charge in [0.25, 0.3) is 5.91 Å². The lowest BCUT2D eigenvalue weighted by atomic mass is 10.1. The van der Waals surface area contributed by atoms with Crippen molar-refractivity contribution < 1.29 is 4.79 Å². The van der Waals surface area contributed by atoms with Gasteiger partial charge in [-0.05, 0) is 12.1 Å². The third-order valence-corrected chi connectivity index (χ3v) is 2.92. The smallest absolute Gasteiger partial charge is 0.254 e. The highest BCUT2D eigenvalue weighted by molar-refractivity contribution is 7.80. The van der Waals surface area contributed by atoms with Crippen molar-refractivity contribution in [3.8, 4) is 0 Å². The Bertz CT molecular complexity index is 594. The van der Waals surface area contributed by atoms with Crippen LogP contribution in [0, 0.1) is 0 Å². The lowest BCUT2D eigenvalue weighted by molar-refractivity contribution is 0.0782. The molecule has 1 aromatic carbocycles. The number of thiocarbonyl (C=S) groups is 1. The summed E-state index contributed by atoms with van der Waals surface area (Å²) in [6.07, 6.45) is 3.38. The van der Waals surface area contributed by atoms with Gasteiger partial charge >= 0.3 is 0 Å². The number of amides is 1. The fourth-order valence-corrected chi connectivity index (χ4v) is 1.83. The van der Waals surface area contributed by atoms with Crippen LogP contribution in [0.2, 0.25) is 0 Å². The van der Waals surface area contributed by atoms with Gasteiger partial charge in [0.1, 0.15) is 10.8 Å². The first-order valence-corrected chi connectivity index (χ1v) is 6.12. The standard InChI is InChI=1S/C13H14N4OS/c1-17(8-11-15-5-6-16-11)13(18)10-4-2-3-9(7-10)12(14)19/h2-7H,8H2,1H3,(H2,14,19)(H,15,16). The molecule has 0 bridgehead atoms. The Morgan fingerprint density at radius 3 is 2.84 bits per heavy atom. The molecule has 0 aliphatic carbocycles. The van der Waals surface area contributed by atoms with E-state index in [0.717, 1.165) is 5.82 Å². The molecule has 0 aliphatic rings. The van der Waals surface area contributed by atoms with Crippen LogP contribution in [-0.4, -0.2) is 32.8 Å². The van der Waals surface area contributed by atoms with Crippen molar-refractivity contribution >= 4 is 23.1 Å². The molecule has 0 aliphatic heterocycles. The molecule has 2 rings (SSSR count). The van der Waals surface area contributed by atoms with Crippen LogP contribution >= 0.6 is 12.2 Å². The van der Waals surface area contributed by atoms with Crippen LogP contribution < -0.4 is 5.73 Å². The molecule has 0 radical (unpaired) electrons. The van der Waals surface area contributed by atoms with Gasteiger partial charge in [0.05, 0.1) is 6.54 Å². The number of carbonyl (C=O) groups is 1. The highest BCUT2D eigenvalue weighted by Crippen LogP contribution is 2.09. The molecule has 0 unspecified atom stereocenters. The number of imidazole rings is 1. The van der Waals surface area contributed by atoms with E-state index in [1.807, 2.05) is 0 Å². The summed E-state index contributed by atoms with van der Waals surface area (Å²) in [6.45, 7) is 0.420. The van der Waals surface area contributed by atoms with E-state index in [-0.39, 0.29) is 10.9 Å². The molecule has 0 saturated heterocycles. The Hall–Kier alpha value is -2.21. The molecule has 0 saturated carbocycles. The van der Waals surface area contributed by atoms with E-state index in [1.165, 1.54) is 0 Å². The largest absolute Gasteiger partial charge is 0.389 e. The van der Waals surface area contributed by atoms with Gasteiger partial charge in [0.15, 0.2) is 0 Å². The zero-order valence-corrected chi connectivity index (χ0v) is 11.3. The minimum atomic E-state index is -0.102. The monoisotopic (exact) mass is 274 g/mol. The van der Waals surface area contributed by atoms with Crippen molar-refractivity contribution in [2.75, 3.05) is 7.05 Å². The minimum absolute atomic E-state index is 0.102. The molecule has 0 atom stereocenters. The van der Waals surface area contributed by atoms with Crippen molar-refractivity contribution in [2.24, 2.45) is 5.73 Å². The molecule has 1 heterocycles. The Balaban J connectivity index is 2.14. The third kappa shape index (κ3) is 3.17. The van der Waals surface area contributed by atoms with E-state index in [1.54, 1.807) is 48.6 Å². The first-order valence-electron chi connectivity index (χ1n) is 5.71. The molecule has 5 nitrogen and oxygen atoms in total. The average Bonchev–Trinajstić information content (AvgIpc) is 2.90. The topological polar surface area (TPSA) is 75.0 Å². The first-order chi connectivity index (χ1) is 9.08. The predicted octanol–water partition coefficient (Wildman–Crippen LogP) is 1.32. The maximum Gasteiger partial charge on any atom is 0.254 e. The molecule has 98 valence electrons. The Kier molecular flexibility index (Phi) is 3.91. The van der Waals surface area contributed by atoms with Crippen LogP contribution in [0.3, 0.4) is 0 Å². The van der Waals surface area contributed by atoms with Crippen LogP contribution in [0.1, 0.15) is 21.7 Å². The summed E-state index contributed by atoms with van der Waals surface area (Å²) in [6, 6.07) is 6.99. The van der Waals surface area contributed by atoms with Crippen molar-refractivity contribution in [3.63, 3.8) is 0 Å². The second-order valence-corrected chi connectivity index (χ2v) is 4.58. The van der Waals surface area contributed by atoms with Crippen molar-refractivity contribution in [1.29, 1.82) is 0 Å². The van der Waals surface area contributed by atoms with E-state index >= 15 is 0 Å². The lowest BCUT2D eigenvalue weighted by Gasteiger charge is -2.16. The van der Waals surface area contributed by atoms with E-state index in [4.69, 9.17) is 18.0 Å². The quantitative estimate of drug-likeness (QED) is 0.824. The minimum Gasteiger partial charge on any atom is -0.389 e. The number of hydrogen-bond donors (Lipinski definition) is 2. The molecule has 0 spiro atoms. The van der Waals surface area contributed by atoms with Gasteiger partial charge in [-0.2, -0.15) is 0 Å². The van der Waals surface area contributed by atoms with Crippen LogP contribution in [0.5, 0.6) is 0 Å². The summed E-state index contributed by atoms with van der Waals surface area (Å²) in [5, 5.41) is 0. The number of nitrogens with one attached hydrogen (secondary N) is 1. The maximum absolute atomic E-state index is 12.2. The number of H-pyrrole nitrogens is 1. The van der Waals surface area contributed by atoms with Crippen LogP contribution in [-0.2, 0) is 6.54 Å². The molecule has 0 fully saturated rings. The molecule has 6 heteroatoms. The average molecular weight is 274 g/mol. The fraction of sp³-hybridized carbons (Fsp3) is 0.154. The molecular weight excluding hydrogens is 260 g/mol. The number of benzene rings is 1. The van der Waals surface area contributed by atoms with Gasteiger partial charge in [0.2, 0.25) is 0 Å². The van der Waals surface area contributed by atoms with Crippen LogP contribution in [0.25, 0.3) is 0 Å². The molecule has 3 N–H and O–H groups in total. The number of hydrogen-bond acceptors (Lipinski definition) is 3. The van der Waals surface area contributed by atoms with Crippen molar-refractivity contribution in [2.45, 2.75) is 6.54 Å². The predicted molar refractivity (Wildman–Crippen MR) is 76.7 cm³/mol.